The molecule has 2 fully saturated rings. The van der Waals surface area contributed by atoms with Gasteiger partial charge in [0.05, 0.1) is 0 Å². The molecule has 1 aromatic rings. The molecule has 3 rings (SSSR count). The third kappa shape index (κ3) is 4.19. The normalized spacial score (nSPS) is 21.1. The maximum Gasteiger partial charge on any atom is 0.231 e. The second kappa shape index (κ2) is 7.25. The molecular formula is C15H24ClN5. The minimum absolute atomic E-state index is 0.292. The van der Waals surface area contributed by atoms with E-state index in [-0.39, 0.29) is 0 Å². The summed E-state index contributed by atoms with van der Waals surface area (Å²) in [6.07, 6.45) is 11.4. The molecule has 0 radical (unpaired) electrons. The summed E-state index contributed by atoms with van der Waals surface area (Å²) in [6.45, 7) is 2.03. The molecule has 0 atom stereocenters. The Hall–Kier alpha value is -1.10. The highest BCUT2D eigenvalue weighted by Gasteiger charge is 2.18. The minimum Gasteiger partial charge on any atom is -0.351 e. The molecule has 2 aliphatic rings. The molecule has 1 aliphatic carbocycles. The Bertz CT molecular complexity index is 453. The van der Waals surface area contributed by atoms with E-state index in [2.05, 4.69) is 25.2 Å². The van der Waals surface area contributed by atoms with Crippen LogP contribution in [0.4, 0.5) is 11.9 Å². The van der Waals surface area contributed by atoms with E-state index >= 15 is 0 Å². The summed E-state index contributed by atoms with van der Waals surface area (Å²) in [5.74, 6) is 1.36. The Balaban J connectivity index is 1.68. The molecule has 116 valence electrons. The Kier molecular flexibility index (Phi) is 5.12. The van der Waals surface area contributed by atoms with E-state index in [0.29, 0.717) is 17.3 Å². The topological polar surface area (TPSA) is 53.9 Å². The average Bonchev–Trinajstić information content (AvgIpc) is 2.95. The first-order chi connectivity index (χ1) is 10.3. The van der Waals surface area contributed by atoms with Crippen molar-refractivity contribution in [2.45, 2.75) is 63.8 Å². The third-order valence-electron chi connectivity index (χ3n) is 4.42. The van der Waals surface area contributed by atoms with Crippen LogP contribution in [0.5, 0.6) is 0 Å². The van der Waals surface area contributed by atoms with Crippen molar-refractivity contribution >= 4 is 23.5 Å². The summed E-state index contributed by atoms with van der Waals surface area (Å²) in [4.78, 5) is 15.3. The number of nitrogens with one attached hydrogen (secondary N) is 1. The lowest BCUT2D eigenvalue weighted by atomic mass is 9.97. The van der Waals surface area contributed by atoms with Gasteiger partial charge in [-0.15, -0.1) is 0 Å². The molecule has 21 heavy (non-hydrogen) atoms. The van der Waals surface area contributed by atoms with Crippen molar-refractivity contribution in [3.05, 3.63) is 5.28 Å². The van der Waals surface area contributed by atoms with Crippen LogP contribution in [0.25, 0.3) is 0 Å². The lowest BCUT2D eigenvalue weighted by Gasteiger charge is -2.22. The number of hydrogen-bond donors (Lipinski definition) is 1. The van der Waals surface area contributed by atoms with E-state index in [0.717, 1.165) is 19.0 Å². The van der Waals surface area contributed by atoms with Gasteiger partial charge in [0, 0.05) is 19.1 Å². The van der Waals surface area contributed by atoms with E-state index in [9.17, 15) is 0 Å². The van der Waals surface area contributed by atoms with Gasteiger partial charge in [-0.3, -0.25) is 0 Å². The van der Waals surface area contributed by atoms with Crippen molar-refractivity contribution < 1.29 is 0 Å². The van der Waals surface area contributed by atoms with E-state index < -0.39 is 0 Å². The highest BCUT2D eigenvalue weighted by molar-refractivity contribution is 6.28. The Morgan fingerprint density at radius 2 is 1.52 bits per heavy atom. The largest absolute Gasteiger partial charge is 0.351 e. The first-order valence-corrected chi connectivity index (χ1v) is 8.62. The molecule has 0 unspecified atom stereocenters. The van der Waals surface area contributed by atoms with Crippen LogP contribution in [0.1, 0.15) is 57.8 Å². The van der Waals surface area contributed by atoms with Crippen molar-refractivity contribution in [2.75, 3.05) is 23.3 Å². The smallest absolute Gasteiger partial charge is 0.231 e. The van der Waals surface area contributed by atoms with Crippen LogP contribution in [0, 0.1) is 0 Å². The highest BCUT2D eigenvalue weighted by Crippen LogP contribution is 2.22. The number of aromatic nitrogens is 3. The van der Waals surface area contributed by atoms with E-state index in [1.54, 1.807) is 0 Å². The molecule has 1 saturated carbocycles. The van der Waals surface area contributed by atoms with Crippen molar-refractivity contribution in [2.24, 2.45) is 0 Å². The Morgan fingerprint density at radius 3 is 2.24 bits per heavy atom. The van der Waals surface area contributed by atoms with Crippen molar-refractivity contribution in [3.63, 3.8) is 0 Å². The van der Waals surface area contributed by atoms with Gasteiger partial charge in [-0.05, 0) is 37.3 Å². The zero-order valence-corrected chi connectivity index (χ0v) is 13.3. The van der Waals surface area contributed by atoms with Gasteiger partial charge in [-0.1, -0.05) is 32.1 Å². The van der Waals surface area contributed by atoms with Crippen LogP contribution in [0.3, 0.4) is 0 Å². The van der Waals surface area contributed by atoms with Crippen LogP contribution >= 0.6 is 11.6 Å². The SMILES string of the molecule is Clc1nc(NC2CCCCCCC2)nc(N2CCCC2)n1. The van der Waals surface area contributed by atoms with E-state index in [1.165, 1.54) is 57.8 Å². The summed E-state index contributed by atoms with van der Waals surface area (Å²) >= 11 is 6.08. The number of anilines is 2. The molecule has 1 N–H and O–H groups in total. The summed E-state index contributed by atoms with van der Waals surface area (Å²) in [6, 6.07) is 0.468. The molecule has 0 amide bonds. The van der Waals surface area contributed by atoms with Gasteiger partial charge in [-0.25, -0.2) is 0 Å². The summed E-state index contributed by atoms with van der Waals surface area (Å²) in [5, 5.41) is 3.77. The number of rotatable bonds is 3. The number of halogens is 1. The van der Waals surface area contributed by atoms with Crippen molar-refractivity contribution in [1.29, 1.82) is 0 Å². The fourth-order valence-corrected chi connectivity index (χ4v) is 3.40. The van der Waals surface area contributed by atoms with Crippen LogP contribution in [-0.4, -0.2) is 34.1 Å². The summed E-state index contributed by atoms with van der Waals surface area (Å²) in [5.41, 5.74) is 0. The van der Waals surface area contributed by atoms with Gasteiger partial charge in [0.25, 0.3) is 0 Å². The molecule has 0 aromatic carbocycles. The van der Waals surface area contributed by atoms with E-state index in [1.807, 2.05) is 0 Å². The molecule has 5 nitrogen and oxygen atoms in total. The van der Waals surface area contributed by atoms with Crippen LogP contribution in [-0.2, 0) is 0 Å². The first-order valence-electron chi connectivity index (χ1n) is 8.24. The number of nitrogens with zero attached hydrogens (tertiary/aromatic N) is 4. The van der Waals surface area contributed by atoms with Gasteiger partial charge in [0.1, 0.15) is 0 Å². The molecule has 6 heteroatoms. The standard InChI is InChI=1S/C15H24ClN5/c16-13-18-14(17-12-8-4-2-1-3-5-9-12)20-15(19-13)21-10-6-7-11-21/h12H,1-11H2,(H,17,18,19,20). The fourth-order valence-electron chi connectivity index (χ4n) is 3.25. The molecule has 1 saturated heterocycles. The van der Waals surface area contributed by atoms with Gasteiger partial charge < -0.3 is 10.2 Å². The lowest BCUT2D eigenvalue weighted by molar-refractivity contribution is 0.469. The Labute approximate surface area is 131 Å². The molecule has 1 aliphatic heterocycles. The zero-order valence-electron chi connectivity index (χ0n) is 12.5. The zero-order chi connectivity index (χ0) is 14.5. The monoisotopic (exact) mass is 309 g/mol. The maximum atomic E-state index is 6.08. The second-order valence-electron chi connectivity index (χ2n) is 6.11. The van der Waals surface area contributed by atoms with Gasteiger partial charge in [-0.2, -0.15) is 15.0 Å². The number of hydrogen-bond acceptors (Lipinski definition) is 5. The lowest BCUT2D eigenvalue weighted by Crippen LogP contribution is -2.25. The van der Waals surface area contributed by atoms with Gasteiger partial charge in [0.2, 0.25) is 17.2 Å². The first kappa shape index (κ1) is 14.8. The van der Waals surface area contributed by atoms with Crippen molar-refractivity contribution in [3.8, 4) is 0 Å². The quantitative estimate of drug-likeness (QED) is 0.923. The summed E-state index contributed by atoms with van der Waals surface area (Å²) in [7, 11) is 0. The molecule has 0 spiro atoms. The van der Waals surface area contributed by atoms with Gasteiger partial charge >= 0.3 is 0 Å². The molecule has 0 bridgehead atoms. The molecule has 1 aromatic heterocycles. The van der Waals surface area contributed by atoms with Crippen LogP contribution in [0.2, 0.25) is 5.28 Å². The average molecular weight is 310 g/mol. The maximum absolute atomic E-state index is 6.08. The molecular weight excluding hydrogens is 286 g/mol. The highest BCUT2D eigenvalue weighted by atomic mass is 35.5. The van der Waals surface area contributed by atoms with Gasteiger partial charge in [0.15, 0.2) is 0 Å². The predicted molar refractivity (Wildman–Crippen MR) is 86.0 cm³/mol. The van der Waals surface area contributed by atoms with Crippen LogP contribution in [0.15, 0.2) is 0 Å². The predicted octanol–water partition coefficient (Wildman–Crippen LogP) is 3.65. The third-order valence-corrected chi connectivity index (χ3v) is 4.59. The van der Waals surface area contributed by atoms with E-state index in [4.69, 9.17) is 11.6 Å². The summed E-state index contributed by atoms with van der Waals surface area (Å²) < 4.78 is 0. The molecule has 2 heterocycles. The minimum atomic E-state index is 0.292. The van der Waals surface area contributed by atoms with Crippen LogP contribution < -0.4 is 10.2 Å². The Morgan fingerprint density at radius 1 is 0.857 bits per heavy atom. The fraction of sp³-hybridized carbons (Fsp3) is 0.800. The van der Waals surface area contributed by atoms with Crippen molar-refractivity contribution in [1.82, 2.24) is 15.0 Å². The second-order valence-corrected chi connectivity index (χ2v) is 6.45.